The number of fused-ring (bicyclic) bond motifs is 6. The van der Waals surface area contributed by atoms with Gasteiger partial charge in [0.1, 0.15) is 0 Å². The van der Waals surface area contributed by atoms with Gasteiger partial charge >= 0.3 is 0 Å². The van der Waals surface area contributed by atoms with Gasteiger partial charge in [0.15, 0.2) is 10.9 Å². The number of hydrogen-bond donors (Lipinski definition) is 0. The molecule has 0 fully saturated rings. The van der Waals surface area contributed by atoms with Crippen molar-refractivity contribution in [3.63, 3.8) is 0 Å². The third-order valence-corrected chi connectivity index (χ3v) is 12.5. The molecule has 5 aromatic carbocycles. The molecule has 5 rings (SSSR count). The van der Waals surface area contributed by atoms with E-state index < -0.39 is 0 Å². The van der Waals surface area contributed by atoms with Crippen LogP contribution in [0.2, 0.25) is 0 Å². The fourth-order valence-electron chi connectivity index (χ4n) is 9.13. The first-order valence-electron chi connectivity index (χ1n) is 22.5. The van der Waals surface area contributed by atoms with E-state index in [0.29, 0.717) is 0 Å². The van der Waals surface area contributed by atoms with Crippen LogP contribution in [0.1, 0.15) is 206 Å². The van der Waals surface area contributed by atoms with E-state index in [1.165, 1.54) is 114 Å². The van der Waals surface area contributed by atoms with Gasteiger partial charge in [0.25, 0.3) is 0 Å². The number of benzene rings is 3. The largest absolute Gasteiger partial charge is 0.289 e. The van der Waals surface area contributed by atoms with Crippen molar-refractivity contribution in [2.75, 3.05) is 0 Å². The Kier molecular flexibility index (Phi) is 15.0. The van der Waals surface area contributed by atoms with E-state index in [2.05, 4.69) is 91.8 Å². The summed E-state index contributed by atoms with van der Waals surface area (Å²) in [6.07, 6.45) is 27.3. The Hall–Kier alpha value is -3.00. The van der Waals surface area contributed by atoms with E-state index in [1.54, 1.807) is 0 Å². The summed E-state index contributed by atoms with van der Waals surface area (Å²) in [4.78, 5) is 29.7. The molecule has 2 nitrogen and oxygen atoms in total. The van der Waals surface area contributed by atoms with Crippen LogP contribution in [-0.2, 0) is 23.7 Å². The smallest absolute Gasteiger partial charge is 0.194 e. The van der Waals surface area contributed by atoms with Crippen molar-refractivity contribution in [2.45, 2.75) is 207 Å². The molecule has 0 aliphatic carbocycles. The van der Waals surface area contributed by atoms with Crippen LogP contribution in [0.4, 0.5) is 0 Å². The zero-order valence-electron chi connectivity index (χ0n) is 35.8. The van der Waals surface area contributed by atoms with E-state index in [1.807, 2.05) is 0 Å². The second kappa shape index (κ2) is 19.2. The standard InChI is InChI=1S/C52H74O2/c1-9-11-13-15-17-19-21-23-25-27-29-41-45-39-33-31-37(51(3,4)5)35-43(39)50(54)48(45)42(30-28-26-24-22-20-18-16-14-12-10-2)46-40-34-32-38(52(6,7)8)36-44(40)49(53)47(41)46/h31-36H,9-30H2,1-8H3. The van der Waals surface area contributed by atoms with Gasteiger partial charge in [-0.05, 0) is 92.4 Å². The fraction of sp³-hybridized carbons (Fsp3) is 0.615. The Morgan fingerprint density at radius 2 is 0.667 bits per heavy atom. The van der Waals surface area contributed by atoms with Crippen molar-refractivity contribution in [3.05, 3.63) is 79.1 Å². The van der Waals surface area contributed by atoms with Crippen LogP contribution in [0.5, 0.6) is 0 Å². The van der Waals surface area contributed by atoms with Crippen molar-refractivity contribution in [1.29, 1.82) is 0 Å². The molecule has 0 aliphatic rings. The lowest BCUT2D eigenvalue weighted by Gasteiger charge is -2.19. The van der Waals surface area contributed by atoms with Crippen molar-refractivity contribution in [2.24, 2.45) is 0 Å². The minimum Gasteiger partial charge on any atom is -0.289 e. The molecule has 0 saturated carbocycles. The molecule has 0 radical (unpaired) electrons. The molecule has 0 saturated heterocycles. The zero-order valence-corrected chi connectivity index (χ0v) is 35.8. The van der Waals surface area contributed by atoms with Crippen LogP contribution in [-0.4, -0.2) is 0 Å². The summed E-state index contributed by atoms with van der Waals surface area (Å²) >= 11 is 0. The monoisotopic (exact) mass is 731 g/mol. The molecule has 5 aromatic rings. The molecule has 0 N–H and O–H groups in total. The fourth-order valence-corrected chi connectivity index (χ4v) is 9.13. The first-order chi connectivity index (χ1) is 25.9. The van der Waals surface area contributed by atoms with Gasteiger partial charge < -0.3 is 0 Å². The molecular weight excluding hydrogens is 657 g/mol. The molecule has 0 atom stereocenters. The summed E-state index contributed by atoms with van der Waals surface area (Å²) < 4.78 is 0. The van der Waals surface area contributed by atoms with Crippen LogP contribution in [0, 0.1) is 0 Å². The third kappa shape index (κ3) is 9.86. The maximum atomic E-state index is 14.9. The second-order valence-electron chi connectivity index (χ2n) is 19.0. The summed E-state index contributed by atoms with van der Waals surface area (Å²) in [6, 6.07) is 13.2. The minimum atomic E-state index is -0.0524. The van der Waals surface area contributed by atoms with E-state index in [4.69, 9.17) is 0 Å². The van der Waals surface area contributed by atoms with Crippen molar-refractivity contribution in [1.82, 2.24) is 0 Å². The predicted molar refractivity (Wildman–Crippen MR) is 240 cm³/mol. The van der Waals surface area contributed by atoms with Gasteiger partial charge in [-0.3, -0.25) is 9.59 Å². The lowest BCUT2D eigenvalue weighted by Crippen LogP contribution is -2.11. The Labute approximate surface area is 328 Å². The summed E-state index contributed by atoms with van der Waals surface area (Å²) in [5.74, 6) is 0. The maximum Gasteiger partial charge on any atom is 0.194 e. The molecule has 0 heterocycles. The molecule has 0 amide bonds. The van der Waals surface area contributed by atoms with Crippen LogP contribution in [0.15, 0.2) is 46.0 Å². The first-order valence-corrected chi connectivity index (χ1v) is 22.5. The van der Waals surface area contributed by atoms with Crippen LogP contribution < -0.4 is 10.9 Å². The van der Waals surface area contributed by atoms with Crippen molar-refractivity contribution >= 4 is 43.1 Å². The highest BCUT2D eigenvalue weighted by Crippen LogP contribution is 2.42. The predicted octanol–water partition coefficient (Wildman–Crippen LogP) is 15.4. The molecule has 2 heteroatoms. The average Bonchev–Trinajstić information content (AvgIpc) is 3.59. The molecule has 0 bridgehead atoms. The van der Waals surface area contributed by atoms with E-state index in [9.17, 15) is 9.59 Å². The Balaban J connectivity index is 1.57. The first kappa shape index (κ1) is 42.1. The third-order valence-electron chi connectivity index (χ3n) is 12.5. The van der Waals surface area contributed by atoms with Crippen LogP contribution in [0.25, 0.3) is 43.1 Å². The molecule has 294 valence electrons. The molecule has 0 aliphatic heterocycles. The zero-order chi connectivity index (χ0) is 38.9. The highest BCUT2D eigenvalue weighted by atomic mass is 16.1. The Morgan fingerprint density at radius 3 is 0.963 bits per heavy atom. The van der Waals surface area contributed by atoms with Gasteiger partial charge in [0.05, 0.1) is 0 Å². The Morgan fingerprint density at radius 1 is 0.370 bits per heavy atom. The van der Waals surface area contributed by atoms with Crippen molar-refractivity contribution < 1.29 is 0 Å². The van der Waals surface area contributed by atoms with Gasteiger partial charge in [-0.15, -0.1) is 0 Å². The lowest BCUT2D eigenvalue weighted by molar-refractivity contribution is 0.556. The number of unbranched alkanes of at least 4 members (excludes halogenated alkanes) is 18. The molecule has 54 heavy (non-hydrogen) atoms. The van der Waals surface area contributed by atoms with Crippen molar-refractivity contribution in [3.8, 4) is 0 Å². The average molecular weight is 731 g/mol. The topological polar surface area (TPSA) is 34.1 Å². The highest BCUT2D eigenvalue weighted by molar-refractivity contribution is 6.25. The van der Waals surface area contributed by atoms with Gasteiger partial charge in [-0.25, -0.2) is 0 Å². The van der Waals surface area contributed by atoms with E-state index >= 15 is 0 Å². The summed E-state index contributed by atoms with van der Waals surface area (Å²) in [6.45, 7) is 17.9. The summed E-state index contributed by atoms with van der Waals surface area (Å²) in [7, 11) is 0. The molecule has 0 unspecified atom stereocenters. The normalized spacial score (nSPS) is 12.7. The summed E-state index contributed by atoms with van der Waals surface area (Å²) in [5, 5.41) is 7.78. The number of aryl methyl sites for hydroxylation is 2. The molecular formula is C52H74O2. The Bertz CT molecular complexity index is 1900. The van der Waals surface area contributed by atoms with E-state index in [0.717, 1.165) is 92.7 Å². The van der Waals surface area contributed by atoms with E-state index in [-0.39, 0.29) is 21.7 Å². The number of rotatable bonds is 22. The van der Waals surface area contributed by atoms with Gasteiger partial charge in [-0.2, -0.15) is 0 Å². The van der Waals surface area contributed by atoms with Crippen LogP contribution >= 0.6 is 0 Å². The van der Waals surface area contributed by atoms with Gasteiger partial charge in [-0.1, -0.05) is 195 Å². The van der Waals surface area contributed by atoms with Crippen LogP contribution in [0.3, 0.4) is 0 Å². The highest BCUT2D eigenvalue weighted by Gasteiger charge is 2.27. The van der Waals surface area contributed by atoms with Gasteiger partial charge in [0.2, 0.25) is 0 Å². The SMILES string of the molecule is CCCCCCCCCCCCc1c2c(=O)c3cc(C(C)(C)C)ccc3c2c(CCCCCCCCCCCC)c2c(=O)c3cc(C(C)(C)C)ccc3c12. The molecule has 0 aromatic heterocycles. The quantitative estimate of drug-likeness (QED) is 0.0665. The lowest BCUT2D eigenvalue weighted by atomic mass is 9.86. The minimum absolute atomic E-state index is 0.0524. The maximum absolute atomic E-state index is 14.9. The number of hydrogen-bond acceptors (Lipinski definition) is 2. The molecule has 0 spiro atoms. The van der Waals surface area contributed by atoms with Gasteiger partial charge in [0, 0.05) is 21.5 Å². The summed E-state index contributed by atoms with van der Waals surface area (Å²) in [5.41, 5.74) is 4.91. The second-order valence-corrected chi connectivity index (χ2v) is 19.0.